The lowest BCUT2D eigenvalue weighted by Gasteiger charge is -2.35. The molecule has 1 aromatic rings. The number of hydrogen-bond acceptors (Lipinski definition) is 4. The zero-order valence-electron chi connectivity index (χ0n) is 12.1. The fraction of sp³-hybridized carbons (Fsp3) is 0.600. The van der Waals surface area contributed by atoms with E-state index in [9.17, 15) is 4.79 Å². The van der Waals surface area contributed by atoms with E-state index < -0.39 is 11.7 Å². The van der Waals surface area contributed by atoms with E-state index in [1.807, 2.05) is 20.8 Å². The lowest BCUT2D eigenvalue weighted by Crippen LogP contribution is -2.34. The van der Waals surface area contributed by atoms with Crippen molar-refractivity contribution in [3.8, 4) is 5.88 Å². The van der Waals surface area contributed by atoms with E-state index in [1.165, 1.54) is 11.1 Å². The standard InChI is InChI=1S/C15H20N2O3/c1-15(2,3)20-14(18)17-7-6-13(16-17)19-9-12-10-4-5-11(12)8-10/h4-7,10-12H,8-9H2,1-3H3. The van der Waals surface area contributed by atoms with Crippen molar-refractivity contribution in [2.24, 2.45) is 17.8 Å². The van der Waals surface area contributed by atoms with Crippen LogP contribution < -0.4 is 4.74 Å². The Morgan fingerprint density at radius 2 is 2.10 bits per heavy atom. The van der Waals surface area contributed by atoms with Gasteiger partial charge in [0.05, 0.1) is 6.61 Å². The molecular formula is C15H20N2O3. The second-order valence-corrected chi connectivity index (χ2v) is 6.50. The van der Waals surface area contributed by atoms with Crippen LogP contribution >= 0.6 is 0 Å². The highest BCUT2D eigenvalue weighted by Gasteiger charge is 2.42. The Kier molecular flexibility index (Phi) is 3.07. The molecule has 5 heteroatoms. The largest absolute Gasteiger partial charge is 0.476 e. The Bertz CT molecular complexity index is 530. The van der Waals surface area contributed by atoms with Crippen LogP contribution in [0.25, 0.3) is 0 Å². The minimum atomic E-state index is -0.527. The zero-order valence-corrected chi connectivity index (χ0v) is 12.1. The lowest BCUT2D eigenvalue weighted by molar-refractivity contribution is 0.0508. The summed E-state index contributed by atoms with van der Waals surface area (Å²) in [5.74, 6) is 2.41. The smallest absolute Gasteiger partial charge is 0.435 e. The van der Waals surface area contributed by atoms with Gasteiger partial charge in [0.15, 0.2) is 0 Å². The monoisotopic (exact) mass is 276 g/mol. The summed E-state index contributed by atoms with van der Waals surface area (Å²) >= 11 is 0. The highest BCUT2D eigenvalue weighted by Crippen LogP contribution is 2.48. The van der Waals surface area contributed by atoms with Crippen molar-refractivity contribution in [3.63, 3.8) is 0 Å². The second-order valence-electron chi connectivity index (χ2n) is 6.50. The first-order chi connectivity index (χ1) is 9.42. The molecule has 3 aliphatic rings. The van der Waals surface area contributed by atoms with Crippen LogP contribution in [0, 0.1) is 17.8 Å². The summed E-state index contributed by atoms with van der Waals surface area (Å²) in [6, 6.07) is 1.69. The summed E-state index contributed by atoms with van der Waals surface area (Å²) in [6.07, 6.45) is 6.89. The molecule has 1 saturated carbocycles. The number of allylic oxidation sites excluding steroid dienone is 2. The molecule has 20 heavy (non-hydrogen) atoms. The summed E-state index contributed by atoms with van der Waals surface area (Å²) in [5.41, 5.74) is -0.527. The van der Waals surface area contributed by atoms with Gasteiger partial charge in [0.1, 0.15) is 5.60 Å². The van der Waals surface area contributed by atoms with Crippen LogP contribution in [0.5, 0.6) is 5.88 Å². The molecule has 2 atom stereocenters. The van der Waals surface area contributed by atoms with Crippen molar-refractivity contribution in [1.29, 1.82) is 0 Å². The van der Waals surface area contributed by atoms with E-state index in [2.05, 4.69) is 17.3 Å². The van der Waals surface area contributed by atoms with Gasteiger partial charge in [0.25, 0.3) is 0 Å². The van der Waals surface area contributed by atoms with Crippen molar-refractivity contribution in [1.82, 2.24) is 9.78 Å². The molecule has 0 saturated heterocycles. The van der Waals surface area contributed by atoms with E-state index in [0.29, 0.717) is 30.2 Å². The molecule has 4 rings (SSSR count). The second kappa shape index (κ2) is 4.65. The van der Waals surface area contributed by atoms with Crippen molar-refractivity contribution >= 4 is 6.09 Å². The van der Waals surface area contributed by atoms with Crippen LogP contribution in [0.2, 0.25) is 0 Å². The fourth-order valence-corrected chi connectivity index (χ4v) is 2.74. The quantitative estimate of drug-likeness (QED) is 0.797. The number of rotatable bonds is 3. The summed E-state index contributed by atoms with van der Waals surface area (Å²) in [6.45, 7) is 6.13. The minimum Gasteiger partial charge on any atom is -0.476 e. The van der Waals surface area contributed by atoms with Gasteiger partial charge in [-0.3, -0.25) is 0 Å². The van der Waals surface area contributed by atoms with E-state index in [0.717, 1.165) is 0 Å². The third-order valence-corrected chi connectivity index (χ3v) is 3.82. The molecule has 1 fully saturated rings. The highest BCUT2D eigenvalue weighted by atomic mass is 16.6. The zero-order chi connectivity index (χ0) is 14.3. The average molecular weight is 276 g/mol. The maximum atomic E-state index is 11.8. The van der Waals surface area contributed by atoms with Crippen LogP contribution in [-0.4, -0.2) is 28.1 Å². The van der Waals surface area contributed by atoms with E-state index >= 15 is 0 Å². The molecule has 108 valence electrons. The maximum absolute atomic E-state index is 11.8. The Balaban J connectivity index is 1.53. The topological polar surface area (TPSA) is 53.4 Å². The number of ether oxygens (including phenoxy) is 2. The van der Waals surface area contributed by atoms with Gasteiger partial charge in [-0.2, -0.15) is 4.68 Å². The van der Waals surface area contributed by atoms with Crippen LogP contribution in [0.1, 0.15) is 27.2 Å². The molecule has 5 nitrogen and oxygen atoms in total. The van der Waals surface area contributed by atoms with Crippen molar-refractivity contribution in [2.45, 2.75) is 32.8 Å². The Morgan fingerprint density at radius 1 is 1.40 bits per heavy atom. The van der Waals surface area contributed by atoms with E-state index in [1.54, 1.807) is 12.3 Å². The molecule has 2 bridgehead atoms. The van der Waals surface area contributed by atoms with Crippen LogP contribution in [-0.2, 0) is 4.74 Å². The maximum Gasteiger partial charge on any atom is 0.435 e. The molecule has 3 aliphatic carbocycles. The fourth-order valence-electron chi connectivity index (χ4n) is 2.74. The predicted molar refractivity (Wildman–Crippen MR) is 73.6 cm³/mol. The number of nitrogens with zero attached hydrogens (tertiary/aromatic N) is 2. The Hall–Kier alpha value is -1.78. The van der Waals surface area contributed by atoms with Crippen molar-refractivity contribution in [2.75, 3.05) is 6.61 Å². The third-order valence-electron chi connectivity index (χ3n) is 3.82. The Morgan fingerprint density at radius 3 is 2.70 bits per heavy atom. The van der Waals surface area contributed by atoms with Crippen LogP contribution in [0.3, 0.4) is 0 Å². The van der Waals surface area contributed by atoms with Gasteiger partial charge in [0, 0.05) is 18.2 Å². The van der Waals surface area contributed by atoms with Crippen LogP contribution in [0.4, 0.5) is 4.79 Å². The molecule has 1 aromatic heterocycles. The molecule has 0 aliphatic heterocycles. The predicted octanol–water partition coefficient (Wildman–Crippen LogP) is 2.87. The molecular weight excluding hydrogens is 256 g/mol. The third kappa shape index (κ3) is 2.57. The lowest BCUT2D eigenvalue weighted by atomic mass is 9.71. The number of hydrogen-bond donors (Lipinski definition) is 0. The summed E-state index contributed by atoms with van der Waals surface area (Å²) < 4.78 is 12.1. The number of carbonyl (C=O) groups is 1. The summed E-state index contributed by atoms with van der Waals surface area (Å²) in [5, 5.41) is 4.09. The van der Waals surface area contributed by atoms with Crippen molar-refractivity contribution < 1.29 is 14.3 Å². The first kappa shape index (κ1) is 13.2. The summed E-state index contributed by atoms with van der Waals surface area (Å²) in [7, 11) is 0. The first-order valence-corrected chi connectivity index (χ1v) is 7.02. The van der Waals surface area contributed by atoms with Gasteiger partial charge in [-0.15, -0.1) is 5.10 Å². The van der Waals surface area contributed by atoms with Gasteiger partial charge in [-0.05, 0) is 39.0 Å². The first-order valence-electron chi connectivity index (χ1n) is 7.02. The van der Waals surface area contributed by atoms with Gasteiger partial charge in [0.2, 0.25) is 5.88 Å². The Labute approximate surface area is 118 Å². The summed E-state index contributed by atoms with van der Waals surface area (Å²) in [4.78, 5) is 11.8. The highest BCUT2D eigenvalue weighted by molar-refractivity contribution is 5.69. The number of aromatic nitrogens is 2. The molecule has 0 amide bonds. The molecule has 1 heterocycles. The molecule has 0 radical (unpaired) electrons. The molecule has 0 N–H and O–H groups in total. The van der Waals surface area contributed by atoms with Crippen molar-refractivity contribution in [3.05, 3.63) is 24.4 Å². The van der Waals surface area contributed by atoms with E-state index in [4.69, 9.17) is 9.47 Å². The molecule has 0 aromatic carbocycles. The average Bonchev–Trinajstić information content (AvgIpc) is 3.02. The molecule has 2 unspecified atom stereocenters. The van der Waals surface area contributed by atoms with Gasteiger partial charge in [-0.25, -0.2) is 4.79 Å². The SMILES string of the molecule is CC(C)(C)OC(=O)n1ccc(OCC2C3C=CC2C3)n1. The number of carbonyl (C=O) groups excluding carboxylic acids is 1. The van der Waals surface area contributed by atoms with Gasteiger partial charge >= 0.3 is 6.09 Å². The minimum absolute atomic E-state index is 0.474. The van der Waals surface area contributed by atoms with Gasteiger partial charge in [-0.1, -0.05) is 12.2 Å². The van der Waals surface area contributed by atoms with Crippen LogP contribution in [0.15, 0.2) is 24.4 Å². The van der Waals surface area contributed by atoms with Gasteiger partial charge < -0.3 is 9.47 Å². The molecule has 0 spiro atoms. The van der Waals surface area contributed by atoms with E-state index in [-0.39, 0.29) is 0 Å². The normalized spacial score (nSPS) is 27.2.